The van der Waals surface area contributed by atoms with Crippen LogP contribution in [0.3, 0.4) is 0 Å². The second-order valence-electron chi connectivity index (χ2n) is 6.45. The van der Waals surface area contributed by atoms with Crippen LogP contribution in [0.4, 0.5) is 0 Å². The van der Waals surface area contributed by atoms with Crippen molar-refractivity contribution < 1.29 is 4.42 Å². The lowest BCUT2D eigenvalue weighted by atomic mass is 10.0. The fraction of sp³-hybridized carbons (Fsp3) is 0.714. The third-order valence-corrected chi connectivity index (χ3v) is 4.30. The van der Waals surface area contributed by atoms with E-state index in [1.165, 1.54) is 89.9 Å². The van der Waals surface area contributed by atoms with Crippen molar-refractivity contribution in [2.45, 2.75) is 96.8 Å². The molecule has 1 heteroatoms. The van der Waals surface area contributed by atoms with Crippen molar-refractivity contribution in [3.8, 4) is 0 Å². The van der Waals surface area contributed by atoms with Crippen LogP contribution in [0.5, 0.6) is 0 Å². The van der Waals surface area contributed by atoms with Crippen LogP contribution < -0.4 is 0 Å². The predicted molar refractivity (Wildman–Crippen MR) is 98.1 cm³/mol. The highest BCUT2D eigenvalue weighted by Crippen LogP contribution is 2.13. The quantitative estimate of drug-likeness (QED) is 0.301. The molecule has 22 heavy (non-hydrogen) atoms. The molecule has 0 aliphatic carbocycles. The molecule has 0 aromatic carbocycles. The average molecular weight is 305 g/mol. The molecule has 0 unspecified atom stereocenters. The lowest BCUT2D eigenvalue weighted by Gasteiger charge is -2.02. The van der Waals surface area contributed by atoms with Gasteiger partial charge in [-0.3, -0.25) is 0 Å². The van der Waals surface area contributed by atoms with Gasteiger partial charge in [0.2, 0.25) is 0 Å². The Morgan fingerprint density at radius 2 is 1.32 bits per heavy atom. The van der Waals surface area contributed by atoms with Crippen molar-refractivity contribution >= 4 is 6.08 Å². The van der Waals surface area contributed by atoms with Crippen LogP contribution in [0.1, 0.15) is 103 Å². The Kier molecular flexibility index (Phi) is 12.9. The zero-order valence-corrected chi connectivity index (χ0v) is 14.7. The van der Waals surface area contributed by atoms with Gasteiger partial charge in [0.1, 0.15) is 5.76 Å². The van der Waals surface area contributed by atoms with E-state index in [0.717, 1.165) is 5.76 Å². The summed E-state index contributed by atoms with van der Waals surface area (Å²) in [7, 11) is 0. The Balaban J connectivity index is 1.73. The highest BCUT2D eigenvalue weighted by Gasteiger charge is 1.93. The van der Waals surface area contributed by atoms with Crippen LogP contribution in [0.2, 0.25) is 0 Å². The van der Waals surface area contributed by atoms with E-state index in [-0.39, 0.29) is 0 Å². The van der Waals surface area contributed by atoms with Crippen LogP contribution in [-0.2, 0) is 0 Å². The van der Waals surface area contributed by atoms with Gasteiger partial charge in [-0.25, -0.2) is 0 Å². The minimum Gasteiger partial charge on any atom is -0.465 e. The molecule has 1 heterocycles. The molecule has 1 aromatic rings. The SMILES string of the molecule is CCCCCCCCCCCCCCCC=Cc1ccco1. The fourth-order valence-corrected chi connectivity index (χ4v) is 2.87. The van der Waals surface area contributed by atoms with Crippen LogP contribution in [0, 0.1) is 0 Å². The molecular formula is C21H36O. The van der Waals surface area contributed by atoms with Crippen LogP contribution in [0.15, 0.2) is 28.9 Å². The Morgan fingerprint density at radius 3 is 1.82 bits per heavy atom. The zero-order chi connectivity index (χ0) is 15.7. The van der Waals surface area contributed by atoms with E-state index < -0.39 is 0 Å². The predicted octanol–water partition coefficient (Wildman–Crippen LogP) is 7.77. The minimum atomic E-state index is 0.967. The summed E-state index contributed by atoms with van der Waals surface area (Å²) in [5, 5.41) is 0. The van der Waals surface area contributed by atoms with Crippen molar-refractivity contribution in [2.24, 2.45) is 0 Å². The van der Waals surface area contributed by atoms with Gasteiger partial charge in [-0.2, -0.15) is 0 Å². The molecule has 0 saturated heterocycles. The van der Waals surface area contributed by atoms with Crippen molar-refractivity contribution in [3.63, 3.8) is 0 Å². The first kappa shape index (κ1) is 19.1. The number of furan rings is 1. The first-order chi connectivity index (χ1) is 10.9. The maximum absolute atomic E-state index is 5.27. The minimum absolute atomic E-state index is 0.967. The molecule has 1 nitrogen and oxygen atoms in total. The van der Waals surface area contributed by atoms with Gasteiger partial charge in [0.25, 0.3) is 0 Å². The van der Waals surface area contributed by atoms with E-state index in [4.69, 9.17) is 4.42 Å². The Morgan fingerprint density at radius 1 is 0.773 bits per heavy atom. The molecular weight excluding hydrogens is 268 g/mol. The molecule has 0 aliphatic rings. The number of allylic oxidation sites excluding steroid dienone is 1. The Hall–Kier alpha value is -0.980. The molecule has 0 radical (unpaired) electrons. The van der Waals surface area contributed by atoms with Gasteiger partial charge < -0.3 is 4.42 Å². The number of rotatable bonds is 15. The highest BCUT2D eigenvalue weighted by atomic mass is 16.3. The topological polar surface area (TPSA) is 13.1 Å². The lowest BCUT2D eigenvalue weighted by molar-refractivity contribution is 0.540. The number of unbranched alkanes of at least 4 members (excludes halogenated alkanes) is 13. The van der Waals surface area contributed by atoms with Gasteiger partial charge in [0.15, 0.2) is 0 Å². The third kappa shape index (κ3) is 11.7. The summed E-state index contributed by atoms with van der Waals surface area (Å²) in [5.74, 6) is 0.967. The van der Waals surface area contributed by atoms with E-state index >= 15 is 0 Å². The molecule has 0 bridgehead atoms. The molecule has 126 valence electrons. The molecule has 1 aromatic heterocycles. The summed E-state index contributed by atoms with van der Waals surface area (Å²) in [6, 6.07) is 3.94. The monoisotopic (exact) mass is 304 g/mol. The van der Waals surface area contributed by atoms with E-state index in [9.17, 15) is 0 Å². The summed E-state index contributed by atoms with van der Waals surface area (Å²) >= 11 is 0. The first-order valence-corrected chi connectivity index (χ1v) is 9.63. The smallest absolute Gasteiger partial charge is 0.126 e. The highest BCUT2D eigenvalue weighted by molar-refractivity contribution is 5.41. The van der Waals surface area contributed by atoms with Crippen molar-refractivity contribution in [3.05, 3.63) is 30.2 Å². The van der Waals surface area contributed by atoms with Crippen LogP contribution in [-0.4, -0.2) is 0 Å². The van der Waals surface area contributed by atoms with E-state index in [1.807, 2.05) is 12.1 Å². The normalized spacial score (nSPS) is 11.5. The van der Waals surface area contributed by atoms with Gasteiger partial charge >= 0.3 is 0 Å². The standard InChI is InChI=1S/C21H36O/c1-2-3-4-5-6-7-8-9-10-11-12-13-14-15-16-18-21-19-17-20-22-21/h16-20H,2-15H2,1H3. The first-order valence-electron chi connectivity index (χ1n) is 9.63. The summed E-state index contributed by atoms with van der Waals surface area (Å²) in [5.41, 5.74) is 0. The Bertz CT molecular complexity index is 337. The second-order valence-corrected chi connectivity index (χ2v) is 6.45. The fourth-order valence-electron chi connectivity index (χ4n) is 2.87. The molecule has 0 saturated carbocycles. The summed E-state index contributed by atoms with van der Waals surface area (Å²) < 4.78 is 5.27. The lowest BCUT2D eigenvalue weighted by Crippen LogP contribution is -1.82. The average Bonchev–Trinajstić information content (AvgIpc) is 3.04. The molecule has 0 atom stereocenters. The van der Waals surface area contributed by atoms with Crippen molar-refractivity contribution in [2.75, 3.05) is 0 Å². The van der Waals surface area contributed by atoms with E-state index in [2.05, 4.69) is 19.1 Å². The summed E-state index contributed by atoms with van der Waals surface area (Å²) in [4.78, 5) is 0. The van der Waals surface area contributed by atoms with Crippen LogP contribution in [0.25, 0.3) is 6.08 Å². The van der Waals surface area contributed by atoms with Crippen molar-refractivity contribution in [1.29, 1.82) is 0 Å². The van der Waals surface area contributed by atoms with Gasteiger partial charge in [0.05, 0.1) is 6.26 Å². The molecule has 1 rings (SSSR count). The van der Waals surface area contributed by atoms with Crippen molar-refractivity contribution in [1.82, 2.24) is 0 Å². The number of hydrogen-bond donors (Lipinski definition) is 0. The third-order valence-electron chi connectivity index (χ3n) is 4.30. The molecule has 0 aliphatic heterocycles. The van der Waals surface area contributed by atoms with Gasteiger partial charge in [0, 0.05) is 0 Å². The molecule has 0 spiro atoms. The summed E-state index contributed by atoms with van der Waals surface area (Å²) in [6.07, 6.45) is 25.7. The Labute approximate surface area is 138 Å². The largest absolute Gasteiger partial charge is 0.465 e. The molecule has 0 N–H and O–H groups in total. The zero-order valence-electron chi connectivity index (χ0n) is 14.7. The maximum atomic E-state index is 5.27. The molecule has 0 amide bonds. The number of hydrogen-bond acceptors (Lipinski definition) is 1. The van der Waals surface area contributed by atoms with E-state index in [0.29, 0.717) is 0 Å². The second kappa shape index (κ2) is 14.9. The maximum Gasteiger partial charge on any atom is 0.126 e. The van der Waals surface area contributed by atoms with E-state index in [1.54, 1.807) is 6.26 Å². The molecule has 0 fully saturated rings. The van der Waals surface area contributed by atoms with Gasteiger partial charge in [-0.05, 0) is 31.1 Å². The van der Waals surface area contributed by atoms with Gasteiger partial charge in [-0.1, -0.05) is 90.0 Å². The van der Waals surface area contributed by atoms with Gasteiger partial charge in [-0.15, -0.1) is 0 Å². The summed E-state index contributed by atoms with van der Waals surface area (Å²) in [6.45, 7) is 2.29. The van der Waals surface area contributed by atoms with Crippen LogP contribution >= 0.6 is 0 Å².